The third-order valence-electron chi connectivity index (χ3n) is 4.26. The molecule has 2 fully saturated rings. The molecule has 1 amide bonds. The van der Waals surface area contributed by atoms with Crippen molar-refractivity contribution in [3.05, 3.63) is 21.9 Å². The van der Waals surface area contributed by atoms with E-state index >= 15 is 0 Å². The van der Waals surface area contributed by atoms with Crippen molar-refractivity contribution < 1.29 is 4.79 Å². The number of thiophene rings is 1. The van der Waals surface area contributed by atoms with Crippen molar-refractivity contribution in [2.75, 3.05) is 0 Å². The predicted molar refractivity (Wildman–Crippen MR) is 78.8 cm³/mol. The summed E-state index contributed by atoms with van der Waals surface area (Å²) in [7, 11) is 0. The molecule has 0 aliphatic heterocycles. The van der Waals surface area contributed by atoms with Crippen LogP contribution in [0, 0.1) is 11.8 Å². The van der Waals surface area contributed by atoms with E-state index in [2.05, 4.69) is 24.4 Å². The molecule has 1 aromatic heterocycles. The van der Waals surface area contributed by atoms with Gasteiger partial charge in [-0.05, 0) is 49.5 Å². The van der Waals surface area contributed by atoms with Crippen molar-refractivity contribution in [3.8, 4) is 0 Å². The zero-order valence-corrected chi connectivity index (χ0v) is 12.3. The summed E-state index contributed by atoms with van der Waals surface area (Å²) in [4.78, 5) is 13.3. The second-order valence-corrected chi connectivity index (χ2v) is 6.96. The first-order valence-electron chi connectivity index (χ1n) is 7.08. The van der Waals surface area contributed by atoms with Crippen LogP contribution in [0.1, 0.15) is 60.7 Å². The molecule has 2 aliphatic rings. The number of carbonyl (C=O) groups is 1. The van der Waals surface area contributed by atoms with Crippen molar-refractivity contribution in [2.24, 2.45) is 16.9 Å². The fourth-order valence-electron chi connectivity index (χ4n) is 3.12. The minimum Gasteiger partial charge on any atom is -0.267 e. The van der Waals surface area contributed by atoms with E-state index in [1.807, 2.05) is 11.4 Å². The molecule has 102 valence electrons. The molecule has 1 N–H and O–H groups in total. The second kappa shape index (κ2) is 5.08. The summed E-state index contributed by atoms with van der Waals surface area (Å²) >= 11 is 1.65. The summed E-state index contributed by atoms with van der Waals surface area (Å²) in [5.74, 6) is 1.87. The van der Waals surface area contributed by atoms with Crippen molar-refractivity contribution in [1.29, 1.82) is 0 Å². The third kappa shape index (κ3) is 2.59. The number of rotatable bonds is 3. The first-order valence-corrected chi connectivity index (χ1v) is 7.96. The van der Waals surface area contributed by atoms with E-state index in [9.17, 15) is 4.79 Å². The van der Waals surface area contributed by atoms with Crippen LogP contribution in [0.3, 0.4) is 0 Å². The topological polar surface area (TPSA) is 41.5 Å². The fraction of sp³-hybridized carbons (Fsp3) is 0.600. The number of fused-ring (bicyclic) bond motifs is 2. The average molecular weight is 276 g/mol. The van der Waals surface area contributed by atoms with E-state index < -0.39 is 0 Å². The van der Waals surface area contributed by atoms with Gasteiger partial charge in [-0.15, -0.1) is 11.3 Å². The van der Waals surface area contributed by atoms with Crippen molar-refractivity contribution in [2.45, 2.75) is 45.4 Å². The molecule has 0 saturated heterocycles. The molecule has 2 aliphatic carbocycles. The number of nitrogens with zero attached hydrogens (tertiary/aromatic N) is 1. The molecule has 0 radical (unpaired) electrons. The van der Waals surface area contributed by atoms with E-state index in [-0.39, 0.29) is 5.91 Å². The Kier molecular flexibility index (Phi) is 3.44. The smallest absolute Gasteiger partial charge is 0.267 e. The molecule has 19 heavy (non-hydrogen) atoms. The standard InChI is InChI=1S/C15H20N2OS/c1-9(2)14-7-12(8-19-14)15(18)17-16-13-6-10-3-4-11(13)5-10/h7-11H,3-6H2,1-2H3,(H,17,18)/b16-13-. The summed E-state index contributed by atoms with van der Waals surface area (Å²) in [6.45, 7) is 4.28. The van der Waals surface area contributed by atoms with Crippen LogP contribution in [-0.4, -0.2) is 11.6 Å². The zero-order valence-electron chi connectivity index (χ0n) is 11.5. The summed E-state index contributed by atoms with van der Waals surface area (Å²) in [6, 6.07) is 1.98. The Labute approximate surface area is 118 Å². The monoisotopic (exact) mass is 276 g/mol. The van der Waals surface area contributed by atoms with Gasteiger partial charge in [0.05, 0.1) is 5.56 Å². The number of carbonyl (C=O) groups excluding carboxylic acids is 1. The average Bonchev–Trinajstić information content (AvgIpc) is 3.10. The summed E-state index contributed by atoms with van der Waals surface area (Å²) < 4.78 is 0. The number of nitrogens with one attached hydrogen (secondary N) is 1. The maximum absolute atomic E-state index is 12.0. The first kappa shape index (κ1) is 12.9. The molecule has 2 saturated carbocycles. The lowest BCUT2D eigenvalue weighted by Crippen LogP contribution is -2.21. The fourth-order valence-corrected chi connectivity index (χ4v) is 4.03. The summed E-state index contributed by atoms with van der Waals surface area (Å²) in [5.41, 5.74) is 4.68. The maximum atomic E-state index is 12.0. The molecule has 0 aromatic carbocycles. The zero-order chi connectivity index (χ0) is 13.4. The Morgan fingerprint density at radius 3 is 2.89 bits per heavy atom. The summed E-state index contributed by atoms with van der Waals surface area (Å²) in [5, 5.41) is 6.28. The molecule has 1 aromatic rings. The minimum atomic E-state index is -0.0709. The molecule has 3 rings (SSSR count). The summed E-state index contributed by atoms with van der Waals surface area (Å²) in [6.07, 6.45) is 4.98. The highest BCUT2D eigenvalue weighted by Gasteiger charge is 2.36. The minimum absolute atomic E-state index is 0.0709. The Hall–Kier alpha value is -1.16. The highest BCUT2D eigenvalue weighted by molar-refractivity contribution is 7.10. The Morgan fingerprint density at radius 1 is 1.47 bits per heavy atom. The quantitative estimate of drug-likeness (QED) is 0.839. The van der Waals surface area contributed by atoms with Gasteiger partial charge in [0, 0.05) is 16.0 Å². The van der Waals surface area contributed by atoms with Crippen LogP contribution in [0.15, 0.2) is 16.5 Å². The molecule has 0 spiro atoms. The molecule has 2 bridgehead atoms. The van der Waals surface area contributed by atoms with Gasteiger partial charge in [-0.2, -0.15) is 5.10 Å². The predicted octanol–water partition coefficient (Wildman–Crippen LogP) is 3.78. The van der Waals surface area contributed by atoms with Gasteiger partial charge in [-0.25, -0.2) is 5.43 Å². The third-order valence-corrected chi connectivity index (χ3v) is 5.50. The van der Waals surface area contributed by atoms with Gasteiger partial charge < -0.3 is 0 Å². The Balaban J connectivity index is 1.63. The van der Waals surface area contributed by atoms with Gasteiger partial charge in [0.25, 0.3) is 5.91 Å². The van der Waals surface area contributed by atoms with Gasteiger partial charge in [0.2, 0.25) is 0 Å². The van der Waals surface area contributed by atoms with E-state index in [4.69, 9.17) is 0 Å². The number of hydrogen-bond donors (Lipinski definition) is 1. The molecular weight excluding hydrogens is 256 g/mol. The molecular formula is C15H20N2OS. The number of amides is 1. The van der Waals surface area contributed by atoms with Gasteiger partial charge in [0.15, 0.2) is 0 Å². The van der Waals surface area contributed by atoms with E-state index in [0.29, 0.717) is 11.8 Å². The lowest BCUT2D eigenvalue weighted by molar-refractivity contribution is 0.0955. The van der Waals surface area contributed by atoms with Crippen LogP contribution in [-0.2, 0) is 0 Å². The van der Waals surface area contributed by atoms with Gasteiger partial charge in [0.1, 0.15) is 0 Å². The first-order chi connectivity index (χ1) is 9.13. The van der Waals surface area contributed by atoms with Gasteiger partial charge in [-0.1, -0.05) is 13.8 Å². The van der Waals surface area contributed by atoms with Crippen LogP contribution >= 0.6 is 11.3 Å². The van der Waals surface area contributed by atoms with Crippen LogP contribution in [0.2, 0.25) is 0 Å². The van der Waals surface area contributed by atoms with Crippen LogP contribution in [0.4, 0.5) is 0 Å². The van der Waals surface area contributed by atoms with Crippen LogP contribution < -0.4 is 5.43 Å². The molecule has 1 heterocycles. The largest absolute Gasteiger partial charge is 0.272 e. The Morgan fingerprint density at radius 2 is 2.32 bits per heavy atom. The number of hydrazone groups is 1. The Bertz CT molecular complexity index is 518. The second-order valence-electron chi connectivity index (χ2n) is 6.02. The highest BCUT2D eigenvalue weighted by atomic mass is 32.1. The molecule has 3 nitrogen and oxygen atoms in total. The lowest BCUT2D eigenvalue weighted by atomic mass is 9.99. The normalized spacial score (nSPS) is 27.4. The molecule has 4 heteroatoms. The van der Waals surface area contributed by atoms with Crippen molar-refractivity contribution in [3.63, 3.8) is 0 Å². The van der Waals surface area contributed by atoms with Gasteiger partial charge in [-0.3, -0.25) is 4.79 Å². The van der Waals surface area contributed by atoms with Crippen LogP contribution in [0.5, 0.6) is 0 Å². The van der Waals surface area contributed by atoms with E-state index in [1.54, 1.807) is 11.3 Å². The van der Waals surface area contributed by atoms with Gasteiger partial charge >= 0.3 is 0 Å². The van der Waals surface area contributed by atoms with Crippen molar-refractivity contribution in [1.82, 2.24) is 5.43 Å². The van der Waals surface area contributed by atoms with E-state index in [1.165, 1.54) is 29.9 Å². The maximum Gasteiger partial charge on any atom is 0.272 e. The lowest BCUT2D eigenvalue weighted by Gasteiger charge is -2.11. The molecule has 2 unspecified atom stereocenters. The number of hydrogen-bond acceptors (Lipinski definition) is 3. The highest BCUT2D eigenvalue weighted by Crippen LogP contribution is 2.42. The molecule has 2 atom stereocenters. The van der Waals surface area contributed by atoms with Crippen LogP contribution in [0.25, 0.3) is 0 Å². The SMILES string of the molecule is CC(C)c1cc(C(=O)N/N=C2/CC3CCC2C3)cs1. The van der Waals surface area contributed by atoms with E-state index in [0.717, 1.165) is 17.9 Å². The van der Waals surface area contributed by atoms with Crippen molar-refractivity contribution >= 4 is 23.0 Å².